The lowest BCUT2D eigenvalue weighted by Gasteiger charge is -2.38. The van der Waals surface area contributed by atoms with Crippen molar-refractivity contribution in [2.24, 2.45) is 0 Å². The van der Waals surface area contributed by atoms with Gasteiger partial charge in [-0.15, -0.1) is 0 Å². The summed E-state index contributed by atoms with van der Waals surface area (Å²) in [6.45, 7) is 1.77. The molecule has 2 heterocycles. The molecule has 5 rings (SSSR count). The van der Waals surface area contributed by atoms with Crippen molar-refractivity contribution >= 4 is 23.5 Å². The van der Waals surface area contributed by atoms with Crippen LogP contribution in [0.2, 0.25) is 0 Å². The number of nitriles is 1. The summed E-state index contributed by atoms with van der Waals surface area (Å²) in [6.07, 6.45) is -4.69. The van der Waals surface area contributed by atoms with Gasteiger partial charge in [0.15, 0.2) is 5.69 Å². The van der Waals surface area contributed by atoms with Crippen LogP contribution in [0.15, 0.2) is 78.9 Å². The molecule has 0 fully saturated rings. The highest BCUT2D eigenvalue weighted by molar-refractivity contribution is 6.07. The molecule has 2 unspecified atom stereocenters. The number of fused-ring (bicyclic) bond motifs is 1. The molecule has 4 aromatic rings. The van der Waals surface area contributed by atoms with E-state index in [9.17, 15) is 31.9 Å². The number of alkyl halides is 3. The van der Waals surface area contributed by atoms with Crippen molar-refractivity contribution in [3.05, 3.63) is 113 Å². The maximum Gasteiger partial charge on any atom is 0.416 e. The van der Waals surface area contributed by atoms with Gasteiger partial charge in [0, 0.05) is 30.1 Å². The van der Waals surface area contributed by atoms with E-state index in [1.165, 1.54) is 27.8 Å². The van der Waals surface area contributed by atoms with Gasteiger partial charge >= 0.3 is 6.18 Å². The van der Waals surface area contributed by atoms with E-state index in [0.717, 1.165) is 24.3 Å². The Balaban J connectivity index is 1.71. The first-order chi connectivity index (χ1) is 21.5. The van der Waals surface area contributed by atoms with Crippen LogP contribution in [0.25, 0.3) is 5.69 Å². The molecule has 230 valence electrons. The first-order valence-electron chi connectivity index (χ1n) is 13.9. The predicted octanol–water partition coefficient (Wildman–Crippen LogP) is 4.97. The van der Waals surface area contributed by atoms with Crippen molar-refractivity contribution in [1.29, 1.82) is 5.26 Å². The van der Waals surface area contributed by atoms with Crippen molar-refractivity contribution in [3.8, 4) is 11.8 Å². The summed E-state index contributed by atoms with van der Waals surface area (Å²) in [6, 6.07) is 18.1. The average Bonchev–Trinajstić information content (AvgIpc) is 3.42. The summed E-state index contributed by atoms with van der Waals surface area (Å²) >= 11 is 0. The standard InChI is InChI=1S/C32H26F4N6O3/c1-2-41-30-25(26(29(44)38-17-7-16-37)40-42(30)23-10-4-3-5-11-23)24(19-12-14-22(33)15-13-19)27(31(41)45)39-28(43)20-8-6-9-21(18-20)32(34,35)36/h3-6,8-15,18,24,27H,2,7,17H2,1H3,(H,38,44)(H,39,43). The first kappa shape index (κ1) is 30.9. The predicted molar refractivity (Wildman–Crippen MR) is 155 cm³/mol. The normalized spacial score (nSPS) is 16.1. The molecule has 0 saturated heterocycles. The molecule has 3 amide bonds. The molecule has 0 spiro atoms. The van der Waals surface area contributed by atoms with Gasteiger partial charge in [-0.3, -0.25) is 19.3 Å². The van der Waals surface area contributed by atoms with E-state index >= 15 is 0 Å². The minimum absolute atomic E-state index is 0.00957. The molecule has 3 aromatic carbocycles. The highest BCUT2D eigenvalue weighted by Gasteiger charge is 2.47. The molecule has 0 aliphatic carbocycles. The van der Waals surface area contributed by atoms with Gasteiger partial charge in [-0.1, -0.05) is 36.4 Å². The van der Waals surface area contributed by atoms with E-state index in [1.807, 2.05) is 6.07 Å². The summed E-state index contributed by atoms with van der Waals surface area (Å²) in [5.41, 5.74) is -0.395. The number of likely N-dealkylation sites (N-methyl/N-ethyl adjacent to an activating group) is 1. The Morgan fingerprint density at radius 1 is 1.00 bits per heavy atom. The highest BCUT2D eigenvalue weighted by Crippen LogP contribution is 2.43. The van der Waals surface area contributed by atoms with Crippen LogP contribution in [0.1, 0.15) is 56.8 Å². The van der Waals surface area contributed by atoms with Crippen LogP contribution < -0.4 is 15.5 Å². The molecule has 0 saturated carbocycles. The van der Waals surface area contributed by atoms with E-state index in [4.69, 9.17) is 5.26 Å². The number of aromatic nitrogens is 2. The molecule has 45 heavy (non-hydrogen) atoms. The zero-order valence-corrected chi connectivity index (χ0v) is 23.8. The molecule has 0 bridgehead atoms. The maximum atomic E-state index is 14.2. The summed E-state index contributed by atoms with van der Waals surface area (Å²) in [5, 5.41) is 18.8. The van der Waals surface area contributed by atoms with Gasteiger partial charge in [-0.2, -0.15) is 23.5 Å². The van der Waals surface area contributed by atoms with Crippen LogP contribution in [0.3, 0.4) is 0 Å². The molecule has 9 nitrogen and oxygen atoms in total. The molecule has 1 aliphatic heterocycles. The average molecular weight is 619 g/mol. The molecule has 1 aliphatic rings. The second-order valence-electron chi connectivity index (χ2n) is 10.1. The lowest BCUT2D eigenvalue weighted by atomic mass is 9.80. The number of amides is 3. The van der Waals surface area contributed by atoms with Gasteiger partial charge in [0.2, 0.25) is 0 Å². The van der Waals surface area contributed by atoms with Crippen LogP contribution in [-0.4, -0.2) is 46.6 Å². The molecular formula is C32H26F4N6O3. The number of rotatable bonds is 8. The molecular weight excluding hydrogens is 592 g/mol. The number of halogens is 4. The lowest BCUT2D eigenvalue weighted by molar-refractivity contribution is -0.137. The van der Waals surface area contributed by atoms with E-state index in [-0.39, 0.29) is 42.1 Å². The van der Waals surface area contributed by atoms with Crippen LogP contribution in [0.5, 0.6) is 0 Å². The summed E-state index contributed by atoms with van der Waals surface area (Å²) in [4.78, 5) is 42.6. The topological polar surface area (TPSA) is 120 Å². The number of para-hydroxylation sites is 1. The number of hydrogen-bond acceptors (Lipinski definition) is 5. The molecule has 1 aromatic heterocycles. The van der Waals surface area contributed by atoms with Gasteiger partial charge < -0.3 is 10.6 Å². The van der Waals surface area contributed by atoms with Crippen molar-refractivity contribution < 1.29 is 31.9 Å². The molecule has 13 heteroatoms. The van der Waals surface area contributed by atoms with Crippen molar-refractivity contribution in [1.82, 2.24) is 20.4 Å². The van der Waals surface area contributed by atoms with Crippen molar-refractivity contribution in [2.45, 2.75) is 31.5 Å². The second-order valence-corrected chi connectivity index (χ2v) is 10.1. The van der Waals surface area contributed by atoms with Gasteiger partial charge in [-0.25, -0.2) is 9.07 Å². The fourth-order valence-electron chi connectivity index (χ4n) is 5.32. The van der Waals surface area contributed by atoms with Crippen LogP contribution in [-0.2, 0) is 11.0 Å². The molecule has 2 atom stereocenters. The Labute approximate surface area is 255 Å². The second kappa shape index (κ2) is 12.6. The SMILES string of the molecule is CCN1C(=O)C(NC(=O)c2cccc(C(F)(F)F)c2)C(c2ccc(F)cc2)c2c(C(=O)NCCC#N)nn(-c3ccccc3)c21. The first-order valence-corrected chi connectivity index (χ1v) is 13.9. The van der Waals surface area contributed by atoms with Gasteiger partial charge in [0.1, 0.15) is 17.7 Å². The Bertz CT molecular complexity index is 1780. The van der Waals surface area contributed by atoms with Crippen LogP contribution in [0.4, 0.5) is 23.4 Å². The third-order valence-corrected chi connectivity index (χ3v) is 7.35. The van der Waals surface area contributed by atoms with Gasteiger partial charge in [0.25, 0.3) is 17.7 Å². The third-order valence-electron chi connectivity index (χ3n) is 7.35. The van der Waals surface area contributed by atoms with Gasteiger partial charge in [-0.05, 0) is 55.0 Å². The fourth-order valence-corrected chi connectivity index (χ4v) is 5.32. The van der Waals surface area contributed by atoms with E-state index in [0.29, 0.717) is 17.3 Å². The van der Waals surface area contributed by atoms with Crippen LogP contribution in [0, 0.1) is 17.1 Å². The third kappa shape index (κ3) is 6.12. The summed E-state index contributed by atoms with van der Waals surface area (Å²) in [5.74, 6) is -3.68. The monoisotopic (exact) mass is 618 g/mol. The van der Waals surface area contributed by atoms with Crippen molar-refractivity contribution in [2.75, 3.05) is 18.0 Å². The quantitative estimate of drug-likeness (QED) is 0.214. The van der Waals surface area contributed by atoms with E-state index < -0.39 is 47.2 Å². The van der Waals surface area contributed by atoms with E-state index in [2.05, 4.69) is 15.7 Å². The smallest absolute Gasteiger partial charge is 0.350 e. The number of carbonyl (C=O) groups excluding carboxylic acids is 3. The number of nitrogens with zero attached hydrogens (tertiary/aromatic N) is 4. The highest BCUT2D eigenvalue weighted by atomic mass is 19.4. The number of anilines is 1. The Morgan fingerprint density at radius 2 is 1.71 bits per heavy atom. The largest absolute Gasteiger partial charge is 0.416 e. The number of nitrogens with one attached hydrogen (secondary N) is 2. The minimum atomic E-state index is -4.71. The van der Waals surface area contributed by atoms with Crippen molar-refractivity contribution in [3.63, 3.8) is 0 Å². The Kier molecular flexibility index (Phi) is 8.67. The Hall–Kier alpha value is -5.51. The number of benzene rings is 3. The number of carbonyl (C=O) groups is 3. The fraction of sp³-hybridized carbons (Fsp3) is 0.219. The van der Waals surface area contributed by atoms with Gasteiger partial charge in [0.05, 0.1) is 23.7 Å². The zero-order chi connectivity index (χ0) is 32.3. The maximum absolute atomic E-state index is 14.2. The zero-order valence-electron chi connectivity index (χ0n) is 23.8. The Morgan fingerprint density at radius 3 is 2.36 bits per heavy atom. The lowest BCUT2D eigenvalue weighted by Crippen LogP contribution is -2.55. The molecule has 2 N–H and O–H groups in total. The minimum Gasteiger partial charge on any atom is -0.350 e. The molecule has 0 radical (unpaired) electrons. The number of hydrogen-bond donors (Lipinski definition) is 2. The van der Waals surface area contributed by atoms with Crippen LogP contribution >= 0.6 is 0 Å². The van der Waals surface area contributed by atoms with E-state index in [1.54, 1.807) is 37.3 Å². The summed E-state index contributed by atoms with van der Waals surface area (Å²) < 4.78 is 55.7. The summed E-state index contributed by atoms with van der Waals surface area (Å²) in [7, 11) is 0.